The molecule has 4 N–H and O–H groups in total. The van der Waals surface area contributed by atoms with Crippen LogP contribution >= 0.6 is 7.82 Å². The van der Waals surface area contributed by atoms with Gasteiger partial charge in [0.05, 0.1) is 13.2 Å². The van der Waals surface area contributed by atoms with Crippen LogP contribution < -0.4 is 5.32 Å². The Morgan fingerprint density at radius 1 is 0.750 bits per heavy atom. The average Bonchev–Trinajstić information content (AvgIpc) is 2.98. The summed E-state index contributed by atoms with van der Waals surface area (Å²) in [6.07, 6.45) is 28.8. The van der Waals surface area contributed by atoms with Crippen molar-refractivity contribution in [3.8, 4) is 0 Å². The second-order valence-electron chi connectivity index (χ2n) is 9.91. The number of rotatable bonds is 27. The Morgan fingerprint density at radius 2 is 1.30 bits per heavy atom. The summed E-state index contributed by atoms with van der Waals surface area (Å²) in [6.45, 7) is 1.97. The van der Waals surface area contributed by atoms with Crippen molar-refractivity contribution >= 4 is 25.7 Å². The lowest BCUT2D eigenvalue weighted by Gasteiger charge is -2.18. The van der Waals surface area contributed by atoms with Gasteiger partial charge in [0, 0.05) is 12.8 Å². The zero-order chi connectivity index (χ0) is 32.9. The molecule has 0 aliphatic rings. The predicted octanol–water partition coefficient (Wildman–Crippen LogP) is 6.10. The van der Waals surface area contributed by atoms with Gasteiger partial charge < -0.3 is 25.2 Å². The maximum atomic E-state index is 12.2. The first-order chi connectivity index (χ1) is 21.1. The van der Waals surface area contributed by atoms with Crippen molar-refractivity contribution in [2.45, 2.75) is 103 Å². The van der Waals surface area contributed by atoms with E-state index < -0.39 is 57.6 Å². The third-order valence-electron chi connectivity index (χ3n) is 5.79. The van der Waals surface area contributed by atoms with E-state index in [-0.39, 0.29) is 12.8 Å². The molecule has 0 fully saturated rings. The first-order valence-electron chi connectivity index (χ1n) is 15.3. The summed E-state index contributed by atoms with van der Waals surface area (Å²) in [5.41, 5.74) is 0. The van der Waals surface area contributed by atoms with Gasteiger partial charge in [-0.3, -0.25) is 18.6 Å². The number of unbranched alkanes of at least 4 members (excludes halogenated alkanes) is 3. The summed E-state index contributed by atoms with van der Waals surface area (Å²) in [4.78, 5) is 44.6. The minimum Gasteiger partial charge on any atom is -0.480 e. The van der Waals surface area contributed by atoms with Crippen LogP contribution in [0.3, 0.4) is 0 Å². The standard InChI is InChI=1S/C32H52NO10P/c1-3-5-6-7-8-9-10-11-12-13-14-15-16-17-18-19-20-21-22-24-30(35)33-29(32(37)38)27-43-44(39,40)42-26-28(34)25-41-31(36)23-4-2/h5-6,8-9,11-12,14-15,17-18,28-29,34H,3-4,7,10,13,16,19-27H2,1-2H3,(H,33,35)(H,37,38)(H,39,40)/b6-5-,9-8-,12-11-,15-14-,18-17-. The van der Waals surface area contributed by atoms with E-state index in [0.29, 0.717) is 12.8 Å². The quantitative estimate of drug-likeness (QED) is 0.0356. The molecule has 0 aromatic rings. The number of allylic oxidation sites excluding steroid dienone is 10. The fourth-order valence-corrected chi connectivity index (χ4v) is 4.21. The van der Waals surface area contributed by atoms with Crippen molar-refractivity contribution in [1.82, 2.24) is 5.32 Å². The van der Waals surface area contributed by atoms with Gasteiger partial charge in [-0.15, -0.1) is 0 Å². The molecule has 0 saturated carbocycles. The number of carboxylic acids is 1. The zero-order valence-corrected chi connectivity index (χ0v) is 27.1. The number of phosphoric ester groups is 1. The van der Waals surface area contributed by atoms with E-state index in [2.05, 4.69) is 82.0 Å². The molecule has 0 saturated heterocycles. The lowest BCUT2D eigenvalue weighted by Crippen LogP contribution is -2.43. The smallest absolute Gasteiger partial charge is 0.472 e. The first kappa shape index (κ1) is 41.2. The van der Waals surface area contributed by atoms with Crippen molar-refractivity contribution in [3.05, 3.63) is 60.8 Å². The highest BCUT2D eigenvalue weighted by Crippen LogP contribution is 2.43. The molecule has 3 unspecified atom stereocenters. The normalized spacial score (nSPS) is 15.0. The highest BCUT2D eigenvalue weighted by Gasteiger charge is 2.28. The Bertz CT molecular complexity index is 990. The molecule has 0 bridgehead atoms. The Kier molecular flexibility index (Phi) is 25.9. The molecular formula is C32H52NO10P. The van der Waals surface area contributed by atoms with Crippen LogP contribution in [0.2, 0.25) is 0 Å². The van der Waals surface area contributed by atoms with Crippen LogP contribution in [-0.4, -0.2) is 64.9 Å². The third kappa shape index (κ3) is 26.8. The van der Waals surface area contributed by atoms with E-state index in [4.69, 9.17) is 4.74 Å². The minimum atomic E-state index is -4.73. The van der Waals surface area contributed by atoms with Crippen LogP contribution in [0.25, 0.3) is 0 Å². The Hall–Kier alpha value is -2.82. The Morgan fingerprint density at radius 3 is 1.84 bits per heavy atom. The van der Waals surface area contributed by atoms with Crippen molar-refractivity contribution in [2.75, 3.05) is 19.8 Å². The number of amides is 1. The number of phosphoric acid groups is 1. The van der Waals surface area contributed by atoms with Gasteiger partial charge in [0.1, 0.15) is 12.7 Å². The molecule has 11 nitrogen and oxygen atoms in total. The zero-order valence-electron chi connectivity index (χ0n) is 26.2. The molecule has 0 radical (unpaired) electrons. The van der Waals surface area contributed by atoms with E-state index in [9.17, 15) is 34.1 Å². The van der Waals surface area contributed by atoms with Crippen molar-refractivity contribution in [3.63, 3.8) is 0 Å². The Balaban J connectivity index is 4.06. The molecule has 0 aliphatic carbocycles. The maximum absolute atomic E-state index is 12.2. The number of aliphatic hydroxyl groups excluding tert-OH is 1. The molecule has 0 spiro atoms. The molecule has 0 aliphatic heterocycles. The molecule has 0 heterocycles. The van der Waals surface area contributed by atoms with Crippen molar-refractivity contribution < 1.29 is 47.8 Å². The van der Waals surface area contributed by atoms with E-state index in [1.807, 2.05) is 0 Å². The third-order valence-corrected chi connectivity index (χ3v) is 6.74. The summed E-state index contributed by atoms with van der Waals surface area (Å²) >= 11 is 0. The molecule has 0 rings (SSSR count). The summed E-state index contributed by atoms with van der Waals surface area (Å²) in [6, 6.07) is -1.56. The maximum Gasteiger partial charge on any atom is 0.472 e. The van der Waals surface area contributed by atoms with Crippen LogP contribution in [0, 0.1) is 0 Å². The fourth-order valence-electron chi connectivity index (χ4n) is 3.43. The van der Waals surface area contributed by atoms with Gasteiger partial charge >= 0.3 is 19.8 Å². The second kappa shape index (κ2) is 27.7. The van der Waals surface area contributed by atoms with Crippen LogP contribution in [0.1, 0.15) is 90.9 Å². The van der Waals surface area contributed by atoms with Crippen LogP contribution in [0.5, 0.6) is 0 Å². The second-order valence-corrected chi connectivity index (χ2v) is 11.4. The molecule has 1 amide bonds. The number of hydrogen-bond acceptors (Lipinski definition) is 8. The number of aliphatic hydroxyl groups is 1. The number of nitrogens with one attached hydrogen (secondary N) is 1. The van der Waals surface area contributed by atoms with E-state index in [0.717, 1.165) is 51.4 Å². The van der Waals surface area contributed by atoms with Gasteiger partial charge in [-0.1, -0.05) is 81.0 Å². The molecule has 3 atom stereocenters. The average molecular weight is 642 g/mol. The molecule has 250 valence electrons. The number of carbonyl (C=O) groups is 3. The van der Waals surface area contributed by atoms with Crippen LogP contribution in [0.4, 0.5) is 0 Å². The number of aliphatic carboxylic acids is 1. The first-order valence-corrected chi connectivity index (χ1v) is 16.8. The largest absolute Gasteiger partial charge is 0.480 e. The van der Waals surface area contributed by atoms with Gasteiger partial charge in [-0.05, 0) is 57.8 Å². The number of carboxylic acid groups (broad SMARTS) is 1. The van der Waals surface area contributed by atoms with Crippen molar-refractivity contribution in [2.24, 2.45) is 0 Å². The number of esters is 1. The van der Waals surface area contributed by atoms with Crippen LogP contribution in [0.15, 0.2) is 60.8 Å². The highest BCUT2D eigenvalue weighted by molar-refractivity contribution is 7.47. The van der Waals surface area contributed by atoms with Gasteiger partial charge in [-0.25, -0.2) is 9.36 Å². The summed E-state index contributed by atoms with van der Waals surface area (Å²) in [5.74, 6) is -2.49. The summed E-state index contributed by atoms with van der Waals surface area (Å²) < 4.78 is 26.1. The van der Waals surface area contributed by atoms with Gasteiger partial charge in [0.15, 0.2) is 6.04 Å². The van der Waals surface area contributed by atoms with E-state index in [1.165, 1.54) is 0 Å². The Labute approximate surface area is 262 Å². The highest BCUT2D eigenvalue weighted by atomic mass is 31.2. The molecule has 44 heavy (non-hydrogen) atoms. The van der Waals surface area contributed by atoms with E-state index in [1.54, 1.807) is 6.92 Å². The SMILES string of the molecule is CC/C=C\C/C=C\C/C=C\C/C=C\C/C=C\CCCCCC(=O)NC(COP(=O)(O)OCC(O)COC(=O)CCC)C(=O)O. The number of ether oxygens (including phenoxy) is 1. The van der Waals surface area contributed by atoms with E-state index >= 15 is 0 Å². The topological polar surface area (TPSA) is 169 Å². The molecule has 0 aromatic carbocycles. The van der Waals surface area contributed by atoms with Crippen molar-refractivity contribution in [1.29, 1.82) is 0 Å². The lowest BCUT2D eigenvalue weighted by molar-refractivity contribution is -0.147. The summed E-state index contributed by atoms with van der Waals surface area (Å²) in [7, 11) is -4.73. The summed E-state index contributed by atoms with van der Waals surface area (Å²) in [5, 5.41) is 21.3. The number of hydrogen-bond donors (Lipinski definition) is 4. The molecule has 12 heteroatoms. The van der Waals surface area contributed by atoms with Crippen LogP contribution in [-0.2, 0) is 32.7 Å². The fraction of sp³-hybridized carbons (Fsp3) is 0.594. The minimum absolute atomic E-state index is 0.103. The van der Waals surface area contributed by atoms with Gasteiger partial charge in [-0.2, -0.15) is 0 Å². The molecule has 0 aromatic heterocycles. The lowest BCUT2D eigenvalue weighted by atomic mass is 10.1. The predicted molar refractivity (Wildman–Crippen MR) is 171 cm³/mol. The molecular weight excluding hydrogens is 589 g/mol. The van der Waals surface area contributed by atoms with Gasteiger partial charge in [0.25, 0.3) is 0 Å². The monoisotopic (exact) mass is 641 g/mol. The van der Waals surface area contributed by atoms with Gasteiger partial charge in [0.2, 0.25) is 5.91 Å². The number of carbonyl (C=O) groups excluding carboxylic acids is 2.